The lowest BCUT2D eigenvalue weighted by Gasteiger charge is -2.03. The van der Waals surface area contributed by atoms with Gasteiger partial charge in [-0.05, 0) is 29.9 Å². The Bertz CT molecular complexity index is 686. The van der Waals surface area contributed by atoms with E-state index in [1.807, 2.05) is 24.3 Å². The molecule has 1 aromatic heterocycles. The van der Waals surface area contributed by atoms with Crippen molar-refractivity contribution in [1.82, 2.24) is 10.2 Å². The van der Waals surface area contributed by atoms with Crippen molar-refractivity contribution in [3.05, 3.63) is 39.9 Å². The molecule has 0 spiro atoms. The highest BCUT2D eigenvalue weighted by molar-refractivity contribution is 7.15. The first-order chi connectivity index (χ1) is 10.5. The Hall–Kier alpha value is -1.46. The molecule has 0 saturated heterocycles. The summed E-state index contributed by atoms with van der Waals surface area (Å²) < 4.78 is 0. The molecule has 1 aromatic carbocycles. The van der Waals surface area contributed by atoms with Crippen LogP contribution in [0.15, 0.2) is 24.3 Å². The summed E-state index contributed by atoms with van der Waals surface area (Å²) in [4.78, 5) is 12.3. The van der Waals surface area contributed by atoms with Crippen molar-refractivity contribution in [2.75, 3.05) is 5.32 Å². The lowest BCUT2D eigenvalue weighted by Crippen LogP contribution is -2.14. The number of amides is 1. The SMILES string of the molecule is CC(C)Cc1nnc(NC(=O)C2CC2c2ccccc2Cl)s1. The standard InChI is InChI=1S/C16H18ClN3OS/c1-9(2)7-14-19-20-16(22-14)18-15(21)12-8-11(12)10-5-3-4-6-13(10)17/h3-6,9,11-12H,7-8H2,1-2H3,(H,18,20,21). The number of carbonyl (C=O) groups is 1. The van der Waals surface area contributed by atoms with E-state index in [1.165, 1.54) is 11.3 Å². The van der Waals surface area contributed by atoms with Gasteiger partial charge < -0.3 is 5.32 Å². The van der Waals surface area contributed by atoms with Gasteiger partial charge in [0.25, 0.3) is 0 Å². The van der Waals surface area contributed by atoms with Crippen LogP contribution in [0.2, 0.25) is 5.02 Å². The van der Waals surface area contributed by atoms with E-state index in [0.29, 0.717) is 11.0 Å². The Morgan fingerprint density at radius 1 is 1.41 bits per heavy atom. The molecule has 1 aliphatic rings. The minimum atomic E-state index is -0.0163. The molecule has 6 heteroatoms. The summed E-state index contributed by atoms with van der Waals surface area (Å²) in [5.74, 6) is 0.746. The summed E-state index contributed by atoms with van der Waals surface area (Å²) in [6.07, 6.45) is 1.73. The minimum Gasteiger partial charge on any atom is -0.300 e. The van der Waals surface area contributed by atoms with Crippen LogP contribution in [0.4, 0.5) is 5.13 Å². The van der Waals surface area contributed by atoms with E-state index >= 15 is 0 Å². The molecule has 3 rings (SSSR count). The highest BCUT2D eigenvalue weighted by Crippen LogP contribution is 2.50. The number of aromatic nitrogens is 2. The van der Waals surface area contributed by atoms with Crippen LogP contribution in [0.5, 0.6) is 0 Å². The first kappa shape index (κ1) is 15.4. The first-order valence-corrected chi connectivity index (χ1v) is 8.61. The van der Waals surface area contributed by atoms with E-state index in [2.05, 4.69) is 29.4 Å². The Kier molecular flexibility index (Phi) is 4.45. The Morgan fingerprint density at radius 3 is 2.91 bits per heavy atom. The summed E-state index contributed by atoms with van der Waals surface area (Å²) in [5.41, 5.74) is 1.06. The maximum absolute atomic E-state index is 12.3. The smallest absolute Gasteiger partial charge is 0.229 e. The van der Waals surface area contributed by atoms with Crippen molar-refractivity contribution in [3.63, 3.8) is 0 Å². The lowest BCUT2D eigenvalue weighted by atomic mass is 10.1. The fourth-order valence-electron chi connectivity index (χ4n) is 2.54. The molecule has 4 nitrogen and oxygen atoms in total. The predicted octanol–water partition coefficient (Wildman–Crippen LogP) is 4.13. The molecule has 1 fully saturated rings. The van der Waals surface area contributed by atoms with Crippen molar-refractivity contribution in [3.8, 4) is 0 Å². The van der Waals surface area contributed by atoms with Gasteiger partial charge in [0.1, 0.15) is 5.01 Å². The summed E-state index contributed by atoms with van der Waals surface area (Å²) in [6.45, 7) is 4.27. The molecular formula is C16H18ClN3OS. The monoisotopic (exact) mass is 335 g/mol. The minimum absolute atomic E-state index is 0.0113. The van der Waals surface area contributed by atoms with Gasteiger partial charge in [0, 0.05) is 17.4 Å². The van der Waals surface area contributed by atoms with Gasteiger partial charge >= 0.3 is 0 Å². The van der Waals surface area contributed by atoms with E-state index in [1.54, 1.807) is 0 Å². The Morgan fingerprint density at radius 2 is 2.18 bits per heavy atom. The summed E-state index contributed by atoms with van der Waals surface area (Å²) in [6, 6.07) is 7.72. The fourth-order valence-corrected chi connectivity index (χ4v) is 3.77. The Balaban J connectivity index is 1.60. The number of anilines is 1. The first-order valence-electron chi connectivity index (χ1n) is 7.42. The molecule has 2 aromatic rings. The topological polar surface area (TPSA) is 54.9 Å². The average Bonchev–Trinajstić information content (AvgIpc) is 3.14. The molecule has 0 bridgehead atoms. The molecular weight excluding hydrogens is 318 g/mol. The van der Waals surface area contributed by atoms with Gasteiger partial charge in [-0.3, -0.25) is 4.79 Å². The highest BCUT2D eigenvalue weighted by atomic mass is 35.5. The van der Waals surface area contributed by atoms with E-state index in [0.717, 1.165) is 28.4 Å². The third kappa shape index (κ3) is 3.47. The van der Waals surface area contributed by atoms with Crippen LogP contribution in [0.1, 0.15) is 36.8 Å². The van der Waals surface area contributed by atoms with E-state index in [4.69, 9.17) is 11.6 Å². The molecule has 1 amide bonds. The third-order valence-corrected chi connectivity index (χ3v) is 4.92. The maximum Gasteiger partial charge on any atom is 0.229 e. The van der Waals surface area contributed by atoms with Crippen LogP contribution in [-0.2, 0) is 11.2 Å². The molecule has 22 heavy (non-hydrogen) atoms. The van der Waals surface area contributed by atoms with Crippen LogP contribution in [0, 0.1) is 11.8 Å². The number of nitrogens with one attached hydrogen (secondary N) is 1. The molecule has 1 aliphatic carbocycles. The number of hydrogen-bond donors (Lipinski definition) is 1. The number of halogens is 1. The highest BCUT2D eigenvalue weighted by Gasteiger charge is 2.45. The number of carbonyl (C=O) groups excluding carboxylic acids is 1. The number of rotatable bonds is 5. The van der Waals surface area contributed by atoms with Crippen LogP contribution in [-0.4, -0.2) is 16.1 Å². The van der Waals surface area contributed by atoms with Gasteiger partial charge in [-0.25, -0.2) is 0 Å². The van der Waals surface area contributed by atoms with Crippen LogP contribution >= 0.6 is 22.9 Å². The largest absolute Gasteiger partial charge is 0.300 e. The van der Waals surface area contributed by atoms with Gasteiger partial charge in [-0.15, -0.1) is 10.2 Å². The van der Waals surface area contributed by atoms with Crippen LogP contribution < -0.4 is 5.32 Å². The van der Waals surface area contributed by atoms with Crippen LogP contribution in [0.25, 0.3) is 0 Å². The van der Waals surface area contributed by atoms with Crippen molar-refractivity contribution in [2.24, 2.45) is 11.8 Å². The molecule has 2 atom stereocenters. The maximum atomic E-state index is 12.3. The molecule has 0 aliphatic heterocycles. The lowest BCUT2D eigenvalue weighted by molar-refractivity contribution is -0.117. The molecule has 0 radical (unpaired) electrons. The van der Waals surface area contributed by atoms with E-state index in [-0.39, 0.29) is 17.7 Å². The summed E-state index contributed by atoms with van der Waals surface area (Å²) in [5, 5.41) is 13.3. The van der Waals surface area contributed by atoms with Gasteiger partial charge in [-0.1, -0.05) is 55.0 Å². The molecule has 1 heterocycles. The molecule has 1 saturated carbocycles. The fraction of sp³-hybridized carbons (Fsp3) is 0.438. The van der Waals surface area contributed by atoms with Gasteiger partial charge in [0.2, 0.25) is 11.0 Å². The predicted molar refractivity (Wildman–Crippen MR) is 89.4 cm³/mol. The second-order valence-corrected chi connectivity index (χ2v) is 7.53. The normalized spacial score (nSPS) is 20.2. The number of hydrogen-bond acceptors (Lipinski definition) is 4. The number of nitrogens with zero attached hydrogens (tertiary/aromatic N) is 2. The molecule has 116 valence electrons. The third-order valence-electron chi connectivity index (χ3n) is 3.71. The van der Waals surface area contributed by atoms with Gasteiger partial charge in [-0.2, -0.15) is 0 Å². The second kappa shape index (κ2) is 6.34. The van der Waals surface area contributed by atoms with Gasteiger partial charge in [0.05, 0.1) is 0 Å². The van der Waals surface area contributed by atoms with E-state index < -0.39 is 0 Å². The summed E-state index contributed by atoms with van der Waals surface area (Å²) >= 11 is 7.64. The van der Waals surface area contributed by atoms with Crippen molar-refractivity contribution >= 4 is 34.0 Å². The molecule has 1 N–H and O–H groups in total. The van der Waals surface area contributed by atoms with Gasteiger partial charge in [0.15, 0.2) is 0 Å². The van der Waals surface area contributed by atoms with Crippen LogP contribution in [0.3, 0.4) is 0 Å². The molecule has 2 unspecified atom stereocenters. The van der Waals surface area contributed by atoms with Crippen molar-refractivity contribution in [1.29, 1.82) is 0 Å². The average molecular weight is 336 g/mol. The zero-order valence-electron chi connectivity index (χ0n) is 12.5. The zero-order chi connectivity index (χ0) is 15.7. The van der Waals surface area contributed by atoms with Crippen molar-refractivity contribution < 1.29 is 4.79 Å². The number of benzene rings is 1. The zero-order valence-corrected chi connectivity index (χ0v) is 14.1. The van der Waals surface area contributed by atoms with E-state index in [9.17, 15) is 4.79 Å². The Labute approximate surface area is 138 Å². The van der Waals surface area contributed by atoms with Crippen molar-refractivity contribution in [2.45, 2.75) is 32.6 Å². The quantitative estimate of drug-likeness (QED) is 0.893. The summed E-state index contributed by atoms with van der Waals surface area (Å²) in [7, 11) is 0. The second-order valence-electron chi connectivity index (χ2n) is 6.06.